The average molecular weight is 325 g/mol. The van der Waals surface area contributed by atoms with Crippen LogP contribution in [0.4, 0.5) is 0 Å². The van der Waals surface area contributed by atoms with Crippen molar-refractivity contribution in [3.63, 3.8) is 0 Å². The molecule has 0 aliphatic carbocycles. The number of hydrogen-bond donors (Lipinski definition) is 0. The Morgan fingerprint density at radius 3 is 1.00 bits per heavy atom. The van der Waals surface area contributed by atoms with Gasteiger partial charge in [-0.15, -0.1) is 0 Å². The predicted octanol–water partition coefficient (Wildman–Crippen LogP) is 1.82. The molecule has 3 heterocycles. The van der Waals surface area contributed by atoms with E-state index >= 15 is 0 Å². The second-order valence-corrected chi connectivity index (χ2v) is 8.09. The summed E-state index contributed by atoms with van der Waals surface area (Å²) >= 11 is 0. The topological polar surface area (TPSA) is 55.4 Å². The molecule has 6 nitrogen and oxygen atoms in total. The van der Waals surface area contributed by atoms with Crippen LogP contribution in [0.25, 0.3) is 0 Å². The summed E-state index contributed by atoms with van der Waals surface area (Å²) in [5, 5.41) is 0. The first-order valence-corrected chi connectivity index (χ1v) is 8.14. The van der Waals surface area contributed by atoms with Crippen molar-refractivity contribution in [1.29, 1.82) is 0 Å². The van der Waals surface area contributed by atoms with Gasteiger partial charge in [-0.1, -0.05) is 0 Å². The largest absolute Gasteiger partial charge is 0.488 e. The fourth-order valence-electron chi connectivity index (χ4n) is 2.24. The third-order valence-electron chi connectivity index (χ3n) is 5.22. The van der Waals surface area contributed by atoms with E-state index in [-0.39, 0.29) is 22.4 Å². The van der Waals surface area contributed by atoms with E-state index in [0.29, 0.717) is 0 Å². The van der Waals surface area contributed by atoms with E-state index in [2.05, 4.69) is 9.31 Å². The van der Waals surface area contributed by atoms with Gasteiger partial charge in [-0.05, 0) is 55.4 Å². The second-order valence-electron chi connectivity index (χ2n) is 8.09. The van der Waals surface area contributed by atoms with Crippen LogP contribution in [-0.2, 0) is 27.9 Å². The van der Waals surface area contributed by atoms with Crippen molar-refractivity contribution in [3.8, 4) is 0 Å². The molecule has 1 radical (unpaired) electrons. The molecule has 0 atom stereocenters. The Morgan fingerprint density at radius 1 is 0.565 bits per heavy atom. The Bertz CT molecular complexity index is 349. The van der Waals surface area contributed by atoms with Gasteiger partial charge in [-0.3, -0.25) is 0 Å². The van der Waals surface area contributed by atoms with Crippen molar-refractivity contribution in [2.45, 2.75) is 77.8 Å². The smallest absolute Gasteiger partial charge is 0.411 e. The molecule has 0 amide bonds. The molecule has 0 aromatic heterocycles. The summed E-state index contributed by atoms with van der Waals surface area (Å²) in [5.41, 5.74) is -1.44. The molecule has 0 aromatic carbocycles. The first-order valence-electron chi connectivity index (χ1n) is 8.14. The van der Waals surface area contributed by atoms with Gasteiger partial charge < -0.3 is 27.9 Å². The molecule has 0 saturated carbocycles. The van der Waals surface area contributed by atoms with Gasteiger partial charge >= 0.3 is 21.7 Å². The van der Waals surface area contributed by atoms with E-state index in [1.165, 1.54) is 7.69 Å². The van der Waals surface area contributed by atoms with Gasteiger partial charge in [-0.25, -0.2) is 0 Å². The quantitative estimate of drug-likeness (QED) is 0.686. The zero-order valence-electron chi connectivity index (χ0n) is 15.6. The highest BCUT2D eigenvalue weighted by atomic mass is 16.7. The first-order chi connectivity index (χ1) is 10.4. The summed E-state index contributed by atoms with van der Waals surface area (Å²) in [7, 11) is 0.409. The summed E-state index contributed by atoms with van der Waals surface area (Å²) in [5.74, 6) is 0. The summed E-state index contributed by atoms with van der Waals surface area (Å²) in [6.07, 6.45) is 0. The Morgan fingerprint density at radius 2 is 0.826 bits per heavy atom. The molecule has 129 valence electrons. The van der Waals surface area contributed by atoms with Gasteiger partial charge in [0.15, 0.2) is 0 Å². The lowest BCUT2D eigenvalue weighted by atomic mass is 9.49. The molecule has 23 heavy (non-hydrogen) atoms. The van der Waals surface area contributed by atoms with Gasteiger partial charge in [0.2, 0.25) is 0 Å². The van der Waals surface area contributed by atoms with Crippen LogP contribution in [0.15, 0.2) is 0 Å². The van der Waals surface area contributed by atoms with Gasteiger partial charge in [0.1, 0.15) is 0 Å². The van der Waals surface area contributed by atoms with Crippen molar-refractivity contribution < 1.29 is 27.9 Å². The fourth-order valence-corrected chi connectivity index (χ4v) is 2.24. The van der Waals surface area contributed by atoms with Crippen LogP contribution in [0.5, 0.6) is 0 Å². The van der Waals surface area contributed by atoms with Crippen LogP contribution in [0.2, 0.25) is 0 Å². The summed E-state index contributed by atoms with van der Waals surface area (Å²) in [6.45, 7) is 17.7. The molecular weight excluding hydrogens is 297 g/mol. The molecule has 3 aliphatic heterocycles. The molecule has 0 spiro atoms. The van der Waals surface area contributed by atoms with E-state index in [0.717, 1.165) is 13.2 Å². The van der Waals surface area contributed by atoms with Gasteiger partial charge in [0, 0.05) is 0 Å². The third-order valence-corrected chi connectivity index (χ3v) is 5.22. The highest BCUT2D eigenvalue weighted by molar-refractivity contribution is 7.11. The number of rotatable bonds is 1. The maximum atomic E-state index is 5.96. The zero-order valence-corrected chi connectivity index (χ0v) is 15.6. The maximum absolute atomic E-state index is 5.96. The van der Waals surface area contributed by atoms with E-state index in [1.807, 2.05) is 55.4 Å². The molecule has 0 unspecified atom stereocenters. The summed E-state index contributed by atoms with van der Waals surface area (Å²) < 4.78 is 33.0. The monoisotopic (exact) mass is 325 g/mol. The Kier molecular flexibility index (Phi) is 5.33. The molecular formula is C14H28B3O6. The van der Waals surface area contributed by atoms with Crippen molar-refractivity contribution >= 4 is 21.7 Å². The molecule has 0 N–H and O–H groups in total. The highest BCUT2D eigenvalue weighted by Gasteiger charge is 2.63. The third kappa shape index (κ3) is 3.97. The van der Waals surface area contributed by atoms with Crippen molar-refractivity contribution in [1.82, 2.24) is 0 Å². The van der Waals surface area contributed by atoms with Gasteiger partial charge in [-0.2, -0.15) is 0 Å². The molecule has 0 aromatic rings. The number of hydrogen-bond acceptors (Lipinski definition) is 6. The highest BCUT2D eigenvalue weighted by Crippen LogP contribution is 2.42. The van der Waals surface area contributed by atoms with E-state index < -0.39 is 14.0 Å². The first kappa shape index (κ1) is 19.3. The normalized spacial score (nSPS) is 29.9. The van der Waals surface area contributed by atoms with Crippen LogP contribution in [0.1, 0.15) is 55.4 Å². The van der Waals surface area contributed by atoms with Gasteiger partial charge in [0.05, 0.1) is 35.6 Å². The minimum absolute atomic E-state index is 0.360. The summed E-state index contributed by atoms with van der Waals surface area (Å²) in [6, 6.07) is 0. The van der Waals surface area contributed by atoms with E-state index in [9.17, 15) is 0 Å². The molecule has 0 bridgehead atoms. The van der Waals surface area contributed by atoms with Crippen molar-refractivity contribution in [3.05, 3.63) is 0 Å². The Labute approximate surface area is 141 Å². The van der Waals surface area contributed by atoms with Crippen LogP contribution >= 0.6 is 0 Å². The van der Waals surface area contributed by atoms with Crippen molar-refractivity contribution in [2.24, 2.45) is 0 Å². The maximum Gasteiger partial charge on any atom is 0.488 e. The lowest BCUT2D eigenvalue weighted by Crippen LogP contribution is -2.41. The Balaban J connectivity index is 0.000000326. The van der Waals surface area contributed by atoms with Crippen LogP contribution in [-0.4, -0.2) is 57.3 Å². The molecule has 3 saturated heterocycles. The van der Waals surface area contributed by atoms with Gasteiger partial charge in [0.25, 0.3) is 0 Å². The molecule has 3 rings (SSSR count). The van der Waals surface area contributed by atoms with Crippen molar-refractivity contribution in [2.75, 3.05) is 13.2 Å². The standard InChI is InChI=1S/C12H24B2O4.C2H4BO2/c1-9(2)10(3,4)16-13(15-9)14-17-11(5,6)12(7,8)18-14;1-2-5-3-4-1/h1-8H3;1-2H2. The average Bonchev–Trinajstić information content (AvgIpc) is 3.03. The Hall–Kier alpha value is -0.0452. The minimum atomic E-state index is -0.476. The molecule has 3 aliphatic rings. The second kappa shape index (κ2) is 6.35. The van der Waals surface area contributed by atoms with Crippen LogP contribution in [0, 0.1) is 0 Å². The SMILES string of the molecule is CC1(C)OB(B2OC(C)(C)C(C)(C)O2)OC1(C)C.[B]1OCCO1. The lowest BCUT2D eigenvalue weighted by Gasteiger charge is -2.32. The van der Waals surface area contributed by atoms with E-state index in [1.54, 1.807) is 0 Å². The predicted molar refractivity (Wildman–Crippen MR) is 89.8 cm³/mol. The molecule has 9 heteroatoms. The summed E-state index contributed by atoms with van der Waals surface area (Å²) in [4.78, 5) is 0. The molecule has 3 fully saturated rings. The van der Waals surface area contributed by atoms with E-state index in [4.69, 9.17) is 18.6 Å². The lowest BCUT2D eigenvalue weighted by molar-refractivity contribution is 0.00578. The minimum Gasteiger partial charge on any atom is -0.411 e. The van der Waals surface area contributed by atoms with Crippen LogP contribution in [0.3, 0.4) is 0 Å². The van der Waals surface area contributed by atoms with Crippen LogP contribution < -0.4 is 0 Å². The zero-order chi connectivity index (χ0) is 17.5. The fraction of sp³-hybridized carbons (Fsp3) is 1.00.